The van der Waals surface area contributed by atoms with Gasteiger partial charge in [0.05, 0.1) is 0 Å². The quantitative estimate of drug-likeness (QED) is 0.787. The van der Waals surface area contributed by atoms with Gasteiger partial charge >= 0.3 is 0 Å². The predicted molar refractivity (Wildman–Crippen MR) is 74.1 cm³/mol. The summed E-state index contributed by atoms with van der Waals surface area (Å²) in [6.45, 7) is 2.65. The molecule has 17 heavy (non-hydrogen) atoms. The fourth-order valence-corrected chi connectivity index (χ4v) is 2.03. The topological polar surface area (TPSA) is 29.1 Å². The predicted octanol–water partition coefficient (Wildman–Crippen LogP) is 3.88. The minimum Gasteiger partial charge on any atom is -0.352 e. The van der Waals surface area contributed by atoms with Crippen LogP contribution in [0.25, 0.3) is 0 Å². The highest BCUT2D eigenvalue weighted by atomic mass is 79.9. The lowest BCUT2D eigenvalue weighted by molar-refractivity contribution is 0.0952. The van der Waals surface area contributed by atoms with Gasteiger partial charge in [0, 0.05) is 21.4 Å². The van der Waals surface area contributed by atoms with Crippen LogP contribution in [-0.4, -0.2) is 17.3 Å². The second-order valence-electron chi connectivity index (χ2n) is 3.71. The van der Waals surface area contributed by atoms with Crippen LogP contribution in [0.5, 0.6) is 0 Å². The highest BCUT2D eigenvalue weighted by Crippen LogP contribution is 2.15. The number of hydrogen-bond donors (Lipinski definition) is 1. The van der Waals surface area contributed by atoms with Crippen LogP contribution in [0.4, 0.5) is 4.39 Å². The van der Waals surface area contributed by atoms with Gasteiger partial charge in [0.25, 0.3) is 5.91 Å². The number of halogens is 3. The van der Waals surface area contributed by atoms with Crippen molar-refractivity contribution in [3.8, 4) is 0 Å². The molecule has 0 radical (unpaired) electrons. The summed E-state index contributed by atoms with van der Waals surface area (Å²) in [5.74, 6) is -0.669. The molecule has 0 spiro atoms. The van der Waals surface area contributed by atoms with Gasteiger partial charge in [-0.1, -0.05) is 38.8 Å². The van der Waals surface area contributed by atoms with Crippen molar-refractivity contribution in [3.63, 3.8) is 0 Å². The van der Waals surface area contributed by atoms with Crippen LogP contribution in [0.15, 0.2) is 22.7 Å². The van der Waals surface area contributed by atoms with Crippen LogP contribution in [0.1, 0.15) is 30.1 Å². The van der Waals surface area contributed by atoms with Gasteiger partial charge in [-0.2, -0.15) is 0 Å². The molecule has 1 unspecified atom stereocenters. The molecule has 2 nitrogen and oxygen atoms in total. The van der Waals surface area contributed by atoms with Crippen molar-refractivity contribution in [3.05, 3.63) is 34.1 Å². The van der Waals surface area contributed by atoms with Gasteiger partial charge in [-0.05, 0) is 31.0 Å². The van der Waals surface area contributed by atoms with E-state index in [-0.39, 0.29) is 5.91 Å². The molecule has 1 amide bonds. The van der Waals surface area contributed by atoms with E-state index in [1.165, 1.54) is 12.1 Å². The number of hydrogen-bond acceptors (Lipinski definition) is 1. The molecule has 0 fully saturated rings. The Bertz CT molecular complexity index is 378. The van der Waals surface area contributed by atoms with Crippen LogP contribution < -0.4 is 5.32 Å². The van der Waals surface area contributed by atoms with E-state index in [9.17, 15) is 9.18 Å². The summed E-state index contributed by atoms with van der Waals surface area (Å²) in [7, 11) is 0. The van der Waals surface area contributed by atoms with Gasteiger partial charge in [-0.25, -0.2) is 4.39 Å². The molecule has 1 aromatic carbocycles. The maximum Gasteiger partial charge on any atom is 0.251 e. The van der Waals surface area contributed by atoms with E-state index >= 15 is 0 Å². The standard InChI is InChI=1S/C12H14Br2FNO/c1-2-9(13)3-4-16-12(17)8-5-10(14)7-11(15)6-8/h5-7,9H,2-4H2,1H3,(H,16,17). The Morgan fingerprint density at radius 3 is 2.76 bits per heavy atom. The summed E-state index contributed by atoms with van der Waals surface area (Å²) in [4.78, 5) is 12.1. The smallest absolute Gasteiger partial charge is 0.251 e. The van der Waals surface area contributed by atoms with Crippen molar-refractivity contribution in [2.45, 2.75) is 24.6 Å². The molecule has 1 atom stereocenters. The summed E-state index contributed by atoms with van der Waals surface area (Å²) in [5.41, 5.74) is 0.333. The van der Waals surface area contributed by atoms with Crippen LogP contribution in [0.3, 0.4) is 0 Å². The average Bonchev–Trinajstić information content (AvgIpc) is 2.27. The fourth-order valence-electron chi connectivity index (χ4n) is 1.33. The molecular formula is C12H14Br2FNO. The zero-order valence-electron chi connectivity index (χ0n) is 9.47. The average molecular weight is 367 g/mol. The summed E-state index contributed by atoms with van der Waals surface area (Å²) in [5, 5.41) is 2.76. The van der Waals surface area contributed by atoms with Crippen LogP contribution in [0.2, 0.25) is 0 Å². The van der Waals surface area contributed by atoms with Crippen molar-refractivity contribution in [2.75, 3.05) is 6.54 Å². The Kier molecular flexibility index (Phi) is 6.12. The van der Waals surface area contributed by atoms with E-state index in [1.807, 2.05) is 0 Å². The van der Waals surface area contributed by atoms with E-state index in [1.54, 1.807) is 6.07 Å². The summed E-state index contributed by atoms with van der Waals surface area (Å²) in [6, 6.07) is 4.15. The minimum absolute atomic E-state index is 0.249. The van der Waals surface area contributed by atoms with Crippen LogP contribution >= 0.6 is 31.9 Å². The molecule has 0 bridgehead atoms. The molecule has 0 aliphatic heterocycles. The monoisotopic (exact) mass is 365 g/mol. The van der Waals surface area contributed by atoms with Crippen molar-refractivity contribution < 1.29 is 9.18 Å². The third kappa shape index (κ3) is 5.17. The first-order valence-electron chi connectivity index (χ1n) is 5.41. The fraction of sp³-hybridized carbons (Fsp3) is 0.417. The highest BCUT2D eigenvalue weighted by molar-refractivity contribution is 9.10. The third-order valence-corrected chi connectivity index (χ3v) is 3.87. The normalized spacial score (nSPS) is 12.2. The molecule has 94 valence electrons. The van der Waals surface area contributed by atoms with E-state index in [0.717, 1.165) is 12.8 Å². The first-order valence-corrected chi connectivity index (χ1v) is 7.12. The lowest BCUT2D eigenvalue weighted by Crippen LogP contribution is -2.26. The Morgan fingerprint density at radius 2 is 2.18 bits per heavy atom. The third-order valence-electron chi connectivity index (χ3n) is 2.31. The molecule has 0 saturated heterocycles. The Hall–Kier alpha value is -0.420. The number of alkyl halides is 1. The second-order valence-corrected chi connectivity index (χ2v) is 5.92. The molecule has 5 heteroatoms. The van der Waals surface area contributed by atoms with E-state index < -0.39 is 5.82 Å². The molecule has 1 aromatic rings. The molecule has 0 heterocycles. The summed E-state index contributed by atoms with van der Waals surface area (Å²) in [6.07, 6.45) is 1.88. The Morgan fingerprint density at radius 1 is 1.47 bits per heavy atom. The van der Waals surface area contributed by atoms with Gasteiger partial charge in [0.15, 0.2) is 0 Å². The number of nitrogens with one attached hydrogen (secondary N) is 1. The van der Waals surface area contributed by atoms with Gasteiger partial charge in [-0.15, -0.1) is 0 Å². The Balaban J connectivity index is 2.52. The Labute approximate surface area is 117 Å². The largest absolute Gasteiger partial charge is 0.352 e. The molecule has 1 N–H and O–H groups in total. The molecular weight excluding hydrogens is 353 g/mol. The number of carbonyl (C=O) groups is 1. The second kappa shape index (κ2) is 7.11. The summed E-state index contributed by atoms with van der Waals surface area (Å²) < 4.78 is 13.6. The van der Waals surface area contributed by atoms with E-state index in [2.05, 4.69) is 44.1 Å². The number of amides is 1. The maximum absolute atomic E-state index is 13.1. The summed E-state index contributed by atoms with van der Waals surface area (Å²) >= 11 is 6.64. The zero-order chi connectivity index (χ0) is 12.8. The number of benzene rings is 1. The van der Waals surface area contributed by atoms with Gasteiger partial charge in [-0.3, -0.25) is 4.79 Å². The SMILES string of the molecule is CCC(Br)CCNC(=O)c1cc(F)cc(Br)c1. The molecule has 0 aliphatic carbocycles. The molecule has 0 aliphatic rings. The first-order chi connectivity index (χ1) is 8.02. The molecule has 1 rings (SSSR count). The van der Waals surface area contributed by atoms with Crippen molar-refractivity contribution in [1.82, 2.24) is 5.32 Å². The van der Waals surface area contributed by atoms with E-state index in [0.29, 0.717) is 21.4 Å². The lowest BCUT2D eigenvalue weighted by Gasteiger charge is -2.08. The number of rotatable bonds is 5. The van der Waals surface area contributed by atoms with E-state index in [4.69, 9.17) is 0 Å². The van der Waals surface area contributed by atoms with Gasteiger partial charge in [0.1, 0.15) is 5.82 Å². The van der Waals surface area contributed by atoms with Gasteiger partial charge < -0.3 is 5.32 Å². The van der Waals surface area contributed by atoms with Crippen molar-refractivity contribution in [2.24, 2.45) is 0 Å². The molecule has 0 aromatic heterocycles. The lowest BCUT2D eigenvalue weighted by atomic mass is 10.2. The highest BCUT2D eigenvalue weighted by Gasteiger charge is 2.08. The minimum atomic E-state index is -0.420. The number of carbonyl (C=O) groups excluding carboxylic acids is 1. The van der Waals surface area contributed by atoms with Crippen molar-refractivity contribution in [1.29, 1.82) is 0 Å². The molecule has 0 saturated carbocycles. The maximum atomic E-state index is 13.1. The van der Waals surface area contributed by atoms with Crippen LogP contribution in [-0.2, 0) is 0 Å². The first kappa shape index (κ1) is 14.6. The van der Waals surface area contributed by atoms with Crippen molar-refractivity contribution >= 4 is 37.8 Å². The zero-order valence-corrected chi connectivity index (χ0v) is 12.6. The van der Waals surface area contributed by atoms with Gasteiger partial charge in [0.2, 0.25) is 0 Å². The van der Waals surface area contributed by atoms with Crippen LogP contribution in [0, 0.1) is 5.82 Å².